The van der Waals surface area contributed by atoms with Crippen molar-refractivity contribution in [1.82, 2.24) is 4.90 Å². The van der Waals surface area contributed by atoms with E-state index in [9.17, 15) is 0 Å². The van der Waals surface area contributed by atoms with Crippen LogP contribution in [0.3, 0.4) is 0 Å². The van der Waals surface area contributed by atoms with Crippen LogP contribution in [0.4, 0.5) is 0 Å². The quantitative estimate of drug-likeness (QED) is 0.533. The monoisotopic (exact) mass is 208 g/mol. The van der Waals surface area contributed by atoms with E-state index in [2.05, 4.69) is 18.1 Å². The molecule has 15 heavy (non-hydrogen) atoms. The number of rotatable bonds is 6. The zero-order chi connectivity index (χ0) is 11.1. The van der Waals surface area contributed by atoms with Gasteiger partial charge in [0.1, 0.15) is 12.4 Å². The number of hydrogen-bond acceptors (Lipinski definition) is 3. The third-order valence-electron chi connectivity index (χ3n) is 2.38. The molecular formula is C12H20N2O. The number of likely N-dealkylation sites (tertiary alicyclic amines) is 1. The molecule has 3 heteroatoms. The van der Waals surface area contributed by atoms with Gasteiger partial charge in [0.15, 0.2) is 0 Å². The molecule has 2 N–H and O–H groups in total. The van der Waals surface area contributed by atoms with Crippen LogP contribution in [0, 0.1) is 0 Å². The first-order valence-electron chi connectivity index (χ1n) is 5.35. The summed E-state index contributed by atoms with van der Waals surface area (Å²) in [6.45, 7) is 11.4. The molecule has 0 amide bonds. The fourth-order valence-electron chi connectivity index (χ4n) is 1.56. The molecule has 1 heterocycles. The highest BCUT2D eigenvalue weighted by Crippen LogP contribution is 2.07. The van der Waals surface area contributed by atoms with E-state index in [0.29, 0.717) is 18.1 Å². The largest absolute Gasteiger partial charge is 0.493 e. The second-order valence-electron chi connectivity index (χ2n) is 3.77. The molecule has 0 aromatic carbocycles. The molecule has 1 aliphatic heterocycles. The molecule has 0 aromatic heterocycles. The molecule has 0 saturated carbocycles. The van der Waals surface area contributed by atoms with Crippen molar-refractivity contribution in [1.29, 1.82) is 0 Å². The lowest BCUT2D eigenvalue weighted by atomic mass is 10.4. The van der Waals surface area contributed by atoms with Gasteiger partial charge in [-0.2, -0.15) is 0 Å². The van der Waals surface area contributed by atoms with Crippen molar-refractivity contribution >= 4 is 0 Å². The SMILES string of the molecule is C=C(N)/C=C\C(=C)OCCN1CCCC1. The van der Waals surface area contributed by atoms with Crippen LogP contribution >= 0.6 is 0 Å². The molecule has 1 aliphatic rings. The maximum absolute atomic E-state index is 5.43. The van der Waals surface area contributed by atoms with Crippen molar-refractivity contribution in [3.63, 3.8) is 0 Å². The number of nitrogens with two attached hydrogens (primary N) is 1. The van der Waals surface area contributed by atoms with Crippen LogP contribution in [0.15, 0.2) is 36.8 Å². The fourth-order valence-corrected chi connectivity index (χ4v) is 1.56. The Morgan fingerprint density at radius 1 is 1.27 bits per heavy atom. The molecule has 0 atom stereocenters. The van der Waals surface area contributed by atoms with Gasteiger partial charge in [-0.25, -0.2) is 0 Å². The molecule has 0 bridgehead atoms. The summed E-state index contributed by atoms with van der Waals surface area (Å²) in [6.07, 6.45) is 6.06. The molecule has 84 valence electrons. The van der Waals surface area contributed by atoms with Crippen molar-refractivity contribution in [3.8, 4) is 0 Å². The van der Waals surface area contributed by atoms with E-state index in [1.165, 1.54) is 25.9 Å². The molecule has 1 saturated heterocycles. The van der Waals surface area contributed by atoms with Crippen molar-refractivity contribution in [3.05, 3.63) is 36.8 Å². The Morgan fingerprint density at radius 2 is 1.93 bits per heavy atom. The average Bonchev–Trinajstić information content (AvgIpc) is 2.67. The van der Waals surface area contributed by atoms with Gasteiger partial charge < -0.3 is 10.5 Å². The normalized spacial score (nSPS) is 17.1. The van der Waals surface area contributed by atoms with E-state index >= 15 is 0 Å². The first kappa shape index (κ1) is 11.9. The van der Waals surface area contributed by atoms with Crippen molar-refractivity contribution < 1.29 is 4.74 Å². The summed E-state index contributed by atoms with van der Waals surface area (Å²) < 4.78 is 5.43. The zero-order valence-electron chi connectivity index (χ0n) is 9.24. The fraction of sp³-hybridized carbons (Fsp3) is 0.500. The summed E-state index contributed by atoms with van der Waals surface area (Å²) in [7, 11) is 0. The highest BCUT2D eigenvalue weighted by atomic mass is 16.5. The van der Waals surface area contributed by atoms with E-state index in [4.69, 9.17) is 10.5 Å². The van der Waals surface area contributed by atoms with Gasteiger partial charge in [-0.05, 0) is 38.1 Å². The maximum atomic E-state index is 5.43. The van der Waals surface area contributed by atoms with Gasteiger partial charge >= 0.3 is 0 Å². The second-order valence-corrected chi connectivity index (χ2v) is 3.77. The summed E-state index contributed by atoms with van der Waals surface area (Å²) in [4.78, 5) is 2.40. The van der Waals surface area contributed by atoms with Crippen LogP contribution in [0.1, 0.15) is 12.8 Å². The summed E-state index contributed by atoms with van der Waals surface area (Å²) in [5.74, 6) is 0.640. The standard InChI is InChI=1S/C12H20N2O/c1-11(13)5-6-12(2)15-10-9-14-7-3-4-8-14/h5-6H,1-4,7-10,13H2/b6-5-. The third kappa shape index (κ3) is 5.27. The summed E-state index contributed by atoms with van der Waals surface area (Å²) in [5.41, 5.74) is 5.90. The van der Waals surface area contributed by atoms with Gasteiger partial charge in [0.05, 0.1) is 0 Å². The predicted octanol–water partition coefficient (Wildman–Crippen LogP) is 1.64. The Morgan fingerprint density at radius 3 is 2.53 bits per heavy atom. The lowest BCUT2D eigenvalue weighted by Gasteiger charge is -2.14. The first-order valence-corrected chi connectivity index (χ1v) is 5.35. The summed E-state index contributed by atoms with van der Waals surface area (Å²) in [5, 5.41) is 0. The minimum atomic E-state index is 0.513. The van der Waals surface area contributed by atoms with Crippen LogP contribution in [0.5, 0.6) is 0 Å². The molecule has 0 aliphatic carbocycles. The van der Waals surface area contributed by atoms with E-state index in [1.54, 1.807) is 12.2 Å². The van der Waals surface area contributed by atoms with Gasteiger partial charge in [0, 0.05) is 12.2 Å². The Balaban J connectivity index is 2.08. The Bertz CT molecular complexity index is 252. The van der Waals surface area contributed by atoms with E-state index in [0.717, 1.165) is 6.54 Å². The number of hydrogen-bond donors (Lipinski definition) is 1. The van der Waals surface area contributed by atoms with Crippen LogP contribution in [0.25, 0.3) is 0 Å². The van der Waals surface area contributed by atoms with E-state index < -0.39 is 0 Å². The smallest absolute Gasteiger partial charge is 0.112 e. The average molecular weight is 208 g/mol. The highest BCUT2D eigenvalue weighted by molar-refractivity contribution is 5.18. The molecule has 3 nitrogen and oxygen atoms in total. The third-order valence-corrected chi connectivity index (χ3v) is 2.38. The molecule has 0 unspecified atom stereocenters. The maximum Gasteiger partial charge on any atom is 0.112 e. The molecule has 0 aromatic rings. The predicted molar refractivity (Wildman–Crippen MR) is 63.2 cm³/mol. The van der Waals surface area contributed by atoms with Gasteiger partial charge in [-0.1, -0.05) is 13.2 Å². The molecule has 1 fully saturated rings. The van der Waals surface area contributed by atoms with Crippen molar-refractivity contribution in [2.24, 2.45) is 5.73 Å². The van der Waals surface area contributed by atoms with Crippen molar-refractivity contribution in [2.45, 2.75) is 12.8 Å². The van der Waals surface area contributed by atoms with Crippen LogP contribution in [0.2, 0.25) is 0 Å². The number of allylic oxidation sites excluding steroid dienone is 2. The lowest BCUT2D eigenvalue weighted by molar-refractivity contribution is 0.181. The molecule has 0 spiro atoms. The minimum Gasteiger partial charge on any atom is -0.493 e. The summed E-state index contributed by atoms with van der Waals surface area (Å²) in [6, 6.07) is 0. The Kier molecular flexibility index (Phi) is 4.98. The Labute approximate surface area is 91.9 Å². The van der Waals surface area contributed by atoms with Crippen LogP contribution in [-0.2, 0) is 4.74 Å². The van der Waals surface area contributed by atoms with Gasteiger partial charge in [0.2, 0.25) is 0 Å². The molecule has 1 rings (SSSR count). The second kappa shape index (κ2) is 6.30. The lowest BCUT2D eigenvalue weighted by Crippen LogP contribution is -2.23. The molecule has 0 radical (unpaired) electrons. The van der Waals surface area contributed by atoms with Crippen molar-refractivity contribution in [2.75, 3.05) is 26.2 Å². The first-order chi connectivity index (χ1) is 7.18. The number of ether oxygens (including phenoxy) is 1. The van der Waals surface area contributed by atoms with Gasteiger partial charge in [-0.3, -0.25) is 4.90 Å². The highest BCUT2D eigenvalue weighted by Gasteiger charge is 2.10. The number of nitrogens with zero attached hydrogens (tertiary/aromatic N) is 1. The Hall–Kier alpha value is -1.22. The van der Waals surface area contributed by atoms with E-state index in [1.807, 2.05) is 0 Å². The van der Waals surface area contributed by atoms with Gasteiger partial charge in [-0.15, -0.1) is 0 Å². The minimum absolute atomic E-state index is 0.513. The van der Waals surface area contributed by atoms with Crippen LogP contribution in [-0.4, -0.2) is 31.1 Å². The zero-order valence-corrected chi connectivity index (χ0v) is 9.24. The molecular weight excluding hydrogens is 188 g/mol. The van der Waals surface area contributed by atoms with Gasteiger partial charge in [0.25, 0.3) is 0 Å². The summed E-state index contributed by atoms with van der Waals surface area (Å²) >= 11 is 0. The van der Waals surface area contributed by atoms with Crippen LogP contribution < -0.4 is 5.73 Å². The van der Waals surface area contributed by atoms with E-state index in [-0.39, 0.29) is 0 Å². The topological polar surface area (TPSA) is 38.5 Å².